The molecular weight excluding hydrogens is 873 g/mol. The number of benzene rings is 1. The smallest absolute Gasteiger partial charge is 0.261 e. The maximum atomic E-state index is 11.4. The molecule has 1 aromatic carbocycles. The fourth-order valence-corrected chi connectivity index (χ4v) is 9.70. The lowest BCUT2D eigenvalue weighted by atomic mass is 9.98. The third-order valence-corrected chi connectivity index (χ3v) is 14.3. The molecule has 1 saturated heterocycles. The largest absolute Gasteiger partial charge is 0.468 e. The lowest BCUT2D eigenvalue weighted by Gasteiger charge is -2.40. The van der Waals surface area contributed by atoms with Gasteiger partial charge in [-0.15, -0.1) is 0 Å². The molecule has 1 aliphatic heterocycles. The number of hydrogen-bond donors (Lipinski definition) is 7. The van der Waals surface area contributed by atoms with Crippen LogP contribution in [-0.2, 0) is 14.2 Å². The molecule has 8 atom stereocenters. The minimum absolute atomic E-state index is 0.0698. The molecule has 398 valence electrons. The van der Waals surface area contributed by atoms with Crippen LogP contribution >= 0.6 is 12.2 Å². The SMILES string of the molecule is CCCCCCCCCCCCCCCCCCCCCCCCCCN[C@@H](CO[C@@H]1O[C@H](COC(=S)Nc2ccccc2)[C@H](O)[C@H](O)[C@H]1O)[C@H](O)[C@H](O)CCCCCCCCCCCCCC. The molecule has 68 heavy (non-hydrogen) atoms. The van der Waals surface area contributed by atoms with Crippen LogP contribution in [0.3, 0.4) is 0 Å². The molecule has 1 aliphatic rings. The van der Waals surface area contributed by atoms with Crippen LogP contribution < -0.4 is 10.6 Å². The average Bonchev–Trinajstić information content (AvgIpc) is 3.34. The number of anilines is 1. The van der Waals surface area contributed by atoms with E-state index in [2.05, 4.69) is 24.5 Å². The number of aliphatic hydroxyl groups is 5. The molecule has 10 nitrogen and oxygen atoms in total. The summed E-state index contributed by atoms with van der Waals surface area (Å²) < 4.78 is 17.6. The van der Waals surface area contributed by atoms with E-state index in [0.717, 1.165) is 37.8 Å². The van der Waals surface area contributed by atoms with Crippen molar-refractivity contribution in [2.75, 3.05) is 25.1 Å². The van der Waals surface area contributed by atoms with Gasteiger partial charge in [-0.1, -0.05) is 257 Å². The van der Waals surface area contributed by atoms with Gasteiger partial charge in [0.2, 0.25) is 0 Å². The number of para-hydroxylation sites is 1. The van der Waals surface area contributed by atoms with Crippen LogP contribution in [0.5, 0.6) is 0 Å². The van der Waals surface area contributed by atoms with Gasteiger partial charge in [0.1, 0.15) is 31.0 Å². The number of unbranched alkanes of at least 4 members (excludes halogenated alkanes) is 34. The summed E-state index contributed by atoms with van der Waals surface area (Å²) in [5.74, 6) is 0. The van der Waals surface area contributed by atoms with Gasteiger partial charge in [0, 0.05) is 5.69 Å². The Morgan fingerprint density at radius 3 is 1.37 bits per heavy atom. The molecule has 0 amide bonds. The average molecular weight is 980 g/mol. The molecule has 0 aliphatic carbocycles. The van der Waals surface area contributed by atoms with E-state index in [0.29, 0.717) is 13.0 Å². The lowest BCUT2D eigenvalue weighted by Crippen LogP contribution is -2.60. The maximum Gasteiger partial charge on any atom is 0.261 e. The number of nitrogens with one attached hydrogen (secondary N) is 2. The van der Waals surface area contributed by atoms with Crippen LogP contribution in [0.25, 0.3) is 0 Å². The molecule has 0 spiro atoms. The first-order chi connectivity index (χ1) is 33.3. The molecule has 11 heteroatoms. The van der Waals surface area contributed by atoms with Crippen molar-refractivity contribution in [2.45, 2.75) is 300 Å². The highest BCUT2D eigenvalue weighted by molar-refractivity contribution is 7.80. The van der Waals surface area contributed by atoms with E-state index in [1.165, 1.54) is 199 Å². The first-order valence-electron chi connectivity index (χ1n) is 28.7. The maximum absolute atomic E-state index is 11.4. The van der Waals surface area contributed by atoms with Gasteiger partial charge in [-0.3, -0.25) is 0 Å². The Morgan fingerprint density at radius 1 is 0.544 bits per heavy atom. The monoisotopic (exact) mass is 979 g/mol. The van der Waals surface area contributed by atoms with Gasteiger partial charge >= 0.3 is 0 Å². The van der Waals surface area contributed by atoms with Crippen LogP contribution in [0.1, 0.15) is 251 Å². The molecule has 1 fully saturated rings. The molecule has 7 N–H and O–H groups in total. The summed E-state index contributed by atoms with van der Waals surface area (Å²) in [5, 5.41) is 61.3. The Labute approximate surface area is 422 Å². The highest BCUT2D eigenvalue weighted by Gasteiger charge is 2.45. The predicted molar refractivity (Wildman–Crippen MR) is 287 cm³/mol. The van der Waals surface area contributed by atoms with Crippen molar-refractivity contribution < 1.29 is 39.7 Å². The summed E-state index contributed by atoms with van der Waals surface area (Å²) in [7, 11) is 0. The van der Waals surface area contributed by atoms with E-state index in [9.17, 15) is 25.5 Å². The van der Waals surface area contributed by atoms with Gasteiger partial charge in [0.05, 0.1) is 24.9 Å². The molecule has 2 rings (SSSR count). The Hall–Kier alpha value is -1.41. The van der Waals surface area contributed by atoms with Crippen LogP contribution in [0.15, 0.2) is 30.3 Å². The molecule has 0 bridgehead atoms. The van der Waals surface area contributed by atoms with Gasteiger partial charge in [0.25, 0.3) is 5.17 Å². The van der Waals surface area contributed by atoms with Crippen molar-refractivity contribution in [3.8, 4) is 0 Å². The fraction of sp³-hybridized carbons (Fsp3) is 0.877. The zero-order valence-corrected chi connectivity index (χ0v) is 44.5. The summed E-state index contributed by atoms with van der Waals surface area (Å²) >= 11 is 5.31. The first-order valence-corrected chi connectivity index (χ1v) is 29.1. The second-order valence-electron chi connectivity index (χ2n) is 20.4. The van der Waals surface area contributed by atoms with E-state index in [1.807, 2.05) is 30.3 Å². The molecule has 0 radical (unpaired) electrons. The van der Waals surface area contributed by atoms with Crippen molar-refractivity contribution in [2.24, 2.45) is 0 Å². The Bertz CT molecular complexity index is 1250. The first kappa shape index (κ1) is 62.7. The van der Waals surface area contributed by atoms with Crippen molar-refractivity contribution in [3.63, 3.8) is 0 Å². The quantitative estimate of drug-likeness (QED) is 0.0247. The minimum Gasteiger partial charge on any atom is -0.468 e. The number of aliphatic hydroxyl groups excluding tert-OH is 5. The second kappa shape index (κ2) is 44.3. The zero-order chi connectivity index (χ0) is 49.1. The van der Waals surface area contributed by atoms with Crippen molar-refractivity contribution in [3.05, 3.63) is 30.3 Å². The number of ether oxygens (including phenoxy) is 3. The molecule has 0 aromatic heterocycles. The Balaban J connectivity index is 1.67. The van der Waals surface area contributed by atoms with Gasteiger partial charge in [-0.2, -0.15) is 0 Å². The second-order valence-corrected chi connectivity index (χ2v) is 20.7. The van der Waals surface area contributed by atoms with E-state index >= 15 is 0 Å². The summed E-state index contributed by atoms with van der Waals surface area (Å²) in [4.78, 5) is 0. The van der Waals surface area contributed by atoms with Crippen molar-refractivity contribution in [1.29, 1.82) is 0 Å². The number of thiocarbonyl (C=S) groups is 1. The third-order valence-electron chi connectivity index (χ3n) is 14.1. The van der Waals surface area contributed by atoms with E-state index < -0.39 is 49.0 Å². The Kier molecular flexibility index (Phi) is 40.9. The van der Waals surface area contributed by atoms with Crippen molar-refractivity contribution in [1.82, 2.24) is 5.32 Å². The standard InChI is InChI=1S/C57H106N2O8S/c1-3-5-7-9-11-13-15-17-18-19-20-21-22-23-24-25-26-27-28-30-32-34-36-41-45-58-49(52(61)50(60)44-40-35-33-31-29-16-14-12-10-8-6-4-2)46-65-56-55(64)54(63)53(62)51(67-56)47-66-57(68)59-48-42-38-37-39-43-48/h37-39,42-43,49-56,58,60-64H,3-36,40-41,44-47H2,1-2H3,(H,59,68)/t49-,50+,51+,52-,53-,54-,55+,56+/m0/s1. The number of hydrogen-bond acceptors (Lipinski definition) is 10. The van der Waals surface area contributed by atoms with Crippen LogP contribution in [-0.4, -0.2) is 99.4 Å². The van der Waals surface area contributed by atoms with Crippen LogP contribution in [0.2, 0.25) is 0 Å². The third kappa shape index (κ3) is 32.5. The Morgan fingerprint density at radius 2 is 0.941 bits per heavy atom. The van der Waals surface area contributed by atoms with Gasteiger partial charge in [-0.05, 0) is 43.7 Å². The molecule has 0 saturated carbocycles. The summed E-state index contributed by atoms with van der Waals surface area (Å²) in [6, 6.07) is 8.65. The highest BCUT2D eigenvalue weighted by Crippen LogP contribution is 2.24. The normalized spacial score (nSPS) is 19.8. The minimum atomic E-state index is -1.55. The summed E-state index contributed by atoms with van der Waals surface area (Å²) in [5.41, 5.74) is 0.739. The van der Waals surface area contributed by atoms with Gasteiger partial charge < -0.3 is 50.4 Å². The fourth-order valence-electron chi connectivity index (χ4n) is 9.51. The molecule has 0 unspecified atom stereocenters. The van der Waals surface area contributed by atoms with E-state index in [4.69, 9.17) is 26.4 Å². The molecular formula is C57H106N2O8S. The zero-order valence-electron chi connectivity index (χ0n) is 43.7. The van der Waals surface area contributed by atoms with Gasteiger partial charge in [0.15, 0.2) is 6.29 Å². The lowest BCUT2D eigenvalue weighted by molar-refractivity contribution is -0.302. The molecule has 1 heterocycles. The van der Waals surface area contributed by atoms with E-state index in [1.54, 1.807) is 0 Å². The summed E-state index contributed by atoms with van der Waals surface area (Å²) in [6.45, 7) is 4.92. The van der Waals surface area contributed by atoms with Crippen LogP contribution in [0, 0.1) is 0 Å². The highest BCUT2D eigenvalue weighted by atomic mass is 32.1. The number of rotatable bonds is 47. The van der Waals surface area contributed by atoms with Crippen molar-refractivity contribution >= 4 is 23.1 Å². The topological polar surface area (TPSA) is 153 Å². The predicted octanol–water partition coefficient (Wildman–Crippen LogP) is 13.4. The summed E-state index contributed by atoms with van der Waals surface area (Å²) in [6.07, 6.45) is 38.7. The van der Waals surface area contributed by atoms with Crippen LogP contribution in [0.4, 0.5) is 5.69 Å². The van der Waals surface area contributed by atoms with Gasteiger partial charge in [-0.25, -0.2) is 0 Å². The molecule has 1 aromatic rings. The van der Waals surface area contributed by atoms with E-state index in [-0.39, 0.29) is 18.4 Å².